The molecule has 0 aromatic carbocycles. The van der Waals surface area contributed by atoms with Crippen LogP contribution < -0.4 is 0 Å². The standard InChI is InChI=1S/C11H19NO3/c1-12(8-9-5-3-4-6-9)10(13)7-11(14)15-2/h9H,3-8H2,1-2H3. The second-order valence-corrected chi connectivity index (χ2v) is 4.18. The van der Waals surface area contributed by atoms with E-state index in [1.165, 1.54) is 32.8 Å². The number of esters is 1. The molecule has 0 atom stereocenters. The predicted octanol–water partition coefficient (Wildman–Crippen LogP) is 1.20. The van der Waals surface area contributed by atoms with E-state index in [0.29, 0.717) is 5.92 Å². The molecule has 1 amide bonds. The third-order valence-corrected chi connectivity index (χ3v) is 2.96. The lowest BCUT2D eigenvalue weighted by Gasteiger charge is -2.20. The van der Waals surface area contributed by atoms with Crippen molar-refractivity contribution in [2.45, 2.75) is 32.1 Å². The lowest BCUT2D eigenvalue weighted by molar-refractivity contribution is -0.146. The third kappa shape index (κ3) is 3.90. The van der Waals surface area contributed by atoms with Crippen molar-refractivity contribution in [1.29, 1.82) is 0 Å². The van der Waals surface area contributed by atoms with Gasteiger partial charge in [-0.25, -0.2) is 0 Å². The number of carbonyl (C=O) groups excluding carboxylic acids is 2. The van der Waals surface area contributed by atoms with E-state index in [1.54, 1.807) is 11.9 Å². The summed E-state index contributed by atoms with van der Waals surface area (Å²) in [5, 5.41) is 0. The minimum atomic E-state index is -0.460. The number of carbonyl (C=O) groups is 2. The zero-order valence-corrected chi connectivity index (χ0v) is 9.49. The molecule has 0 heterocycles. The lowest BCUT2D eigenvalue weighted by atomic mass is 10.1. The molecule has 1 aliphatic rings. The van der Waals surface area contributed by atoms with E-state index in [1.807, 2.05) is 0 Å². The van der Waals surface area contributed by atoms with E-state index in [0.717, 1.165) is 6.54 Å². The van der Waals surface area contributed by atoms with Crippen LogP contribution in [0.1, 0.15) is 32.1 Å². The highest BCUT2D eigenvalue weighted by Gasteiger charge is 2.20. The van der Waals surface area contributed by atoms with E-state index in [2.05, 4.69) is 4.74 Å². The van der Waals surface area contributed by atoms with E-state index >= 15 is 0 Å². The molecule has 1 aliphatic carbocycles. The molecule has 1 rings (SSSR count). The van der Waals surface area contributed by atoms with Crippen molar-refractivity contribution in [2.24, 2.45) is 5.92 Å². The first-order valence-electron chi connectivity index (χ1n) is 5.44. The van der Waals surface area contributed by atoms with Gasteiger partial charge in [-0.3, -0.25) is 9.59 Å². The van der Waals surface area contributed by atoms with E-state index in [-0.39, 0.29) is 12.3 Å². The molecule has 4 nitrogen and oxygen atoms in total. The Morgan fingerprint density at radius 1 is 1.33 bits per heavy atom. The summed E-state index contributed by atoms with van der Waals surface area (Å²) in [5.41, 5.74) is 0. The Balaban J connectivity index is 2.28. The van der Waals surface area contributed by atoms with Crippen molar-refractivity contribution in [3.05, 3.63) is 0 Å². The molecule has 15 heavy (non-hydrogen) atoms. The fraction of sp³-hybridized carbons (Fsp3) is 0.818. The van der Waals surface area contributed by atoms with Gasteiger partial charge < -0.3 is 9.64 Å². The van der Waals surface area contributed by atoms with Crippen molar-refractivity contribution in [3.8, 4) is 0 Å². The quantitative estimate of drug-likeness (QED) is 0.520. The number of hydrogen-bond acceptors (Lipinski definition) is 3. The normalized spacial score (nSPS) is 16.4. The van der Waals surface area contributed by atoms with Crippen LogP contribution >= 0.6 is 0 Å². The summed E-state index contributed by atoms with van der Waals surface area (Å²) in [5.74, 6) is 0.0172. The van der Waals surface area contributed by atoms with Crippen LogP contribution in [0, 0.1) is 5.92 Å². The van der Waals surface area contributed by atoms with Crippen molar-refractivity contribution >= 4 is 11.9 Å². The Hall–Kier alpha value is -1.06. The van der Waals surface area contributed by atoms with Gasteiger partial charge in [-0.05, 0) is 18.8 Å². The van der Waals surface area contributed by atoms with E-state index in [9.17, 15) is 9.59 Å². The zero-order valence-electron chi connectivity index (χ0n) is 9.49. The molecule has 0 saturated heterocycles. The smallest absolute Gasteiger partial charge is 0.315 e. The molecule has 0 radical (unpaired) electrons. The van der Waals surface area contributed by atoms with Crippen LogP contribution in [0.3, 0.4) is 0 Å². The van der Waals surface area contributed by atoms with E-state index in [4.69, 9.17) is 0 Å². The van der Waals surface area contributed by atoms with Gasteiger partial charge >= 0.3 is 5.97 Å². The monoisotopic (exact) mass is 213 g/mol. The summed E-state index contributed by atoms with van der Waals surface area (Å²) >= 11 is 0. The average Bonchev–Trinajstić information content (AvgIpc) is 2.70. The minimum Gasteiger partial charge on any atom is -0.469 e. The first kappa shape index (κ1) is 12.0. The fourth-order valence-corrected chi connectivity index (χ4v) is 2.01. The van der Waals surface area contributed by atoms with Crippen LogP contribution in [0.25, 0.3) is 0 Å². The van der Waals surface area contributed by atoms with Crippen LogP contribution in [-0.4, -0.2) is 37.5 Å². The second kappa shape index (κ2) is 5.73. The molecule has 0 spiro atoms. The Bertz CT molecular complexity index is 234. The van der Waals surface area contributed by atoms with Gasteiger partial charge in [0.05, 0.1) is 7.11 Å². The van der Waals surface area contributed by atoms with Gasteiger partial charge in [0, 0.05) is 13.6 Å². The molecule has 0 unspecified atom stereocenters. The topological polar surface area (TPSA) is 46.6 Å². The summed E-state index contributed by atoms with van der Waals surface area (Å²) < 4.78 is 4.45. The van der Waals surface area contributed by atoms with Gasteiger partial charge in [0.2, 0.25) is 5.91 Å². The number of amides is 1. The fourth-order valence-electron chi connectivity index (χ4n) is 2.01. The lowest BCUT2D eigenvalue weighted by Crippen LogP contribution is -2.32. The van der Waals surface area contributed by atoms with Crippen molar-refractivity contribution < 1.29 is 14.3 Å². The van der Waals surface area contributed by atoms with Crippen LogP contribution in [-0.2, 0) is 14.3 Å². The summed E-state index contributed by atoms with van der Waals surface area (Å²) in [7, 11) is 3.05. The molecule has 86 valence electrons. The number of nitrogens with zero attached hydrogens (tertiary/aromatic N) is 1. The van der Waals surface area contributed by atoms with Crippen LogP contribution in [0.4, 0.5) is 0 Å². The van der Waals surface area contributed by atoms with Crippen molar-refractivity contribution in [3.63, 3.8) is 0 Å². The third-order valence-electron chi connectivity index (χ3n) is 2.96. The van der Waals surface area contributed by atoms with Crippen LogP contribution in [0.5, 0.6) is 0 Å². The van der Waals surface area contributed by atoms with Gasteiger partial charge in [0.25, 0.3) is 0 Å². The maximum Gasteiger partial charge on any atom is 0.315 e. The highest BCUT2D eigenvalue weighted by molar-refractivity contribution is 5.94. The predicted molar refractivity (Wildman–Crippen MR) is 56.2 cm³/mol. The molecule has 0 N–H and O–H groups in total. The van der Waals surface area contributed by atoms with Crippen molar-refractivity contribution in [2.75, 3.05) is 20.7 Å². The SMILES string of the molecule is COC(=O)CC(=O)N(C)CC1CCCC1. The largest absolute Gasteiger partial charge is 0.469 e. The number of hydrogen-bond donors (Lipinski definition) is 0. The van der Waals surface area contributed by atoms with Gasteiger partial charge in [0.15, 0.2) is 0 Å². The molecule has 0 bridgehead atoms. The van der Waals surface area contributed by atoms with Crippen LogP contribution in [0.15, 0.2) is 0 Å². The zero-order chi connectivity index (χ0) is 11.3. The summed E-state index contributed by atoms with van der Waals surface area (Å²) in [6.07, 6.45) is 4.80. The summed E-state index contributed by atoms with van der Waals surface area (Å²) in [6.45, 7) is 0.774. The van der Waals surface area contributed by atoms with Gasteiger partial charge in [-0.2, -0.15) is 0 Å². The molecule has 0 aromatic rings. The molecular formula is C11H19NO3. The Kier molecular flexibility index (Phi) is 4.59. The Morgan fingerprint density at radius 3 is 2.47 bits per heavy atom. The number of rotatable bonds is 4. The molecule has 0 aromatic heterocycles. The maximum atomic E-state index is 11.5. The summed E-state index contributed by atoms with van der Waals surface area (Å²) in [6, 6.07) is 0. The van der Waals surface area contributed by atoms with Gasteiger partial charge in [0.1, 0.15) is 6.42 Å². The highest BCUT2D eigenvalue weighted by Crippen LogP contribution is 2.25. The number of ether oxygens (including phenoxy) is 1. The Labute approximate surface area is 90.6 Å². The van der Waals surface area contributed by atoms with Gasteiger partial charge in [-0.15, -0.1) is 0 Å². The maximum absolute atomic E-state index is 11.5. The highest BCUT2D eigenvalue weighted by atomic mass is 16.5. The molecule has 1 saturated carbocycles. The molecule has 1 fully saturated rings. The van der Waals surface area contributed by atoms with Crippen LogP contribution in [0.2, 0.25) is 0 Å². The molecular weight excluding hydrogens is 194 g/mol. The summed E-state index contributed by atoms with van der Waals surface area (Å²) in [4.78, 5) is 24.1. The Morgan fingerprint density at radius 2 is 1.93 bits per heavy atom. The number of methoxy groups -OCH3 is 1. The van der Waals surface area contributed by atoms with Crippen molar-refractivity contribution in [1.82, 2.24) is 4.90 Å². The van der Waals surface area contributed by atoms with Gasteiger partial charge in [-0.1, -0.05) is 12.8 Å². The molecule has 4 heteroatoms. The first-order valence-corrected chi connectivity index (χ1v) is 5.44. The second-order valence-electron chi connectivity index (χ2n) is 4.18. The average molecular weight is 213 g/mol. The molecule has 0 aliphatic heterocycles. The van der Waals surface area contributed by atoms with E-state index < -0.39 is 5.97 Å². The first-order chi connectivity index (χ1) is 7.13. The minimum absolute atomic E-state index is 0.139.